The third kappa shape index (κ3) is 3.48. The maximum atomic E-state index is 11.6. The Balaban J connectivity index is 2.49. The molecule has 5 nitrogen and oxygen atoms in total. The second kappa shape index (κ2) is 5.84. The first-order valence-corrected chi connectivity index (χ1v) is 5.54. The molecule has 1 heterocycles. The van der Waals surface area contributed by atoms with E-state index >= 15 is 0 Å². The highest BCUT2D eigenvalue weighted by Crippen LogP contribution is 2.18. The van der Waals surface area contributed by atoms with Crippen LogP contribution in [0.2, 0.25) is 0 Å². The van der Waals surface area contributed by atoms with Crippen LogP contribution in [0.15, 0.2) is 0 Å². The van der Waals surface area contributed by atoms with E-state index in [1.807, 2.05) is 6.92 Å². The van der Waals surface area contributed by atoms with Crippen LogP contribution in [0, 0.1) is 11.8 Å². The van der Waals surface area contributed by atoms with Gasteiger partial charge in [-0.05, 0) is 12.3 Å². The number of hydrogen-bond acceptors (Lipinski definition) is 3. The molecule has 5 heteroatoms. The maximum absolute atomic E-state index is 11.6. The highest BCUT2D eigenvalue weighted by molar-refractivity contribution is 5.80. The first-order chi connectivity index (χ1) is 7.54. The molecule has 1 aliphatic rings. The van der Waals surface area contributed by atoms with Crippen LogP contribution in [-0.4, -0.2) is 48.7 Å². The number of piperidine rings is 1. The minimum Gasteiger partial charge on any atom is -0.481 e. The molecule has 1 aliphatic heterocycles. The average Bonchev–Trinajstić information content (AvgIpc) is 2.21. The van der Waals surface area contributed by atoms with Gasteiger partial charge in [0.05, 0.1) is 12.5 Å². The third-order valence-electron chi connectivity index (χ3n) is 2.83. The Kier molecular flexibility index (Phi) is 4.73. The van der Waals surface area contributed by atoms with Gasteiger partial charge < -0.3 is 14.7 Å². The summed E-state index contributed by atoms with van der Waals surface area (Å²) in [5.41, 5.74) is 0. The van der Waals surface area contributed by atoms with Gasteiger partial charge in [-0.15, -0.1) is 0 Å². The van der Waals surface area contributed by atoms with Crippen molar-refractivity contribution in [1.82, 2.24) is 4.90 Å². The topological polar surface area (TPSA) is 66.8 Å². The van der Waals surface area contributed by atoms with Crippen LogP contribution in [0.5, 0.6) is 0 Å². The van der Waals surface area contributed by atoms with Crippen molar-refractivity contribution >= 4 is 11.9 Å². The highest BCUT2D eigenvalue weighted by Gasteiger charge is 2.30. The van der Waals surface area contributed by atoms with Gasteiger partial charge in [0.25, 0.3) is 0 Å². The van der Waals surface area contributed by atoms with E-state index in [2.05, 4.69) is 0 Å². The molecule has 1 rings (SSSR count). The molecule has 16 heavy (non-hydrogen) atoms. The fourth-order valence-electron chi connectivity index (χ4n) is 2.01. The summed E-state index contributed by atoms with van der Waals surface area (Å²) in [6.45, 7) is 3.49. The second-order valence-electron chi connectivity index (χ2n) is 4.43. The van der Waals surface area contributed by atoms with E-state index in [-0.39, 0.29) is 11.8 Å². The molecule has 0 aromatic carbocycles. The van der Waals surface area contributed by atoms with Gasteiger partial charge in [-0.3, -0.25) is 9.59 Å². The number of hydrogen-bond donors (Lipinski definition) is 1. The monoisotopic (exact) mass is 229 g/mol. The lowest BCUT2D eigenvalue weighted by atomic mass is 9.97. The fourth-order valence-corrected chi connectivity index (χ4v) is 2.01. The lowest BCUT2D eigenvalue weighted by Gasteiger charge is -2.32. The normalized spacial score (nSPS) is 23.2. The number of methoxy groups -OCH3 is 1. The number of amides is 1. The largest absolute Gasteiger partial charge is 0.481 e. The summed E-state index contributed by atoms with van der Waals surface area (Å²) >= 11 is 0. The molecule has 0 spiro atoms. The van der Waals surface area contributed by atoms with Crippen molar-refractivity contribution in [2.24, 2.45) is 11.8 Å². The first kappa shape index (κ1) is 13.0. The van der Waals surface area contributed by atoms with Gasteiger partial charge in [0.15, 0.2) is 0 Å². The molecule has 1 saturated heterocycles. The van der Waals surface area contributed by atoms with Gasteiger partial charge in [0.1, 0.15) is 0 Å². The zero-order chi connectivity index (χ0) is 12.1. The van der Waals surface area contributed by atoms with Crippen LogP contribution in [0.25, 0.3) is 0 Å². The quantitative estimate of drug-likeness (QED) is 0.749. The number of aliphatic carboxylic acids is 1. The Morgan fingerprint density at radius 2 is 2.38 bits per heavy atom. The number of carbonyl (C=O) groups is 2. The van der Waals surface area contributed by atoms with Crippen molar-refractivity contribution in [1.29, 1.82) is 0 Å². The Labute approximate surface area is 95.4 Å². The Morgan fingerprint density at radius 1 is 1.69 bits per heavy atom. The number of ether oxygens (including phenoxy) is 1. The smallest absolute Gasteiger partial charge is 0.308 e. The average molecular weight is 229 g/mol. The number of likely N-dealkylation sites (tertiary alicyclic amines) is 1. The molecule has 2 unspecified atom stereocenters. The predicted octanol–water partition coefficient (Wildman–Crippen LogP) is 0.592. The molecule has 0 aromatic heterocycles. The molecule has 0 aliphatic carbocycles. The lowest BCUT2D eigenvalue weighted by molar-refractivity contribution is -0.147. The molecule has 0 saturated carbocycles. The van der Waals surface area contributed by atoms with Gasteiger partial charge in [0.2, 0.25) is 5.91 Å². The van der Waals surface area contributed by atoms with E-state index in [0.29, 0.717) is 32.5 Å². The van der Waals surface area contributed by atoms with E-state index in [9.17, 15) is 9.59 Å². The number of carbonyl (C=O) groups excluding carboxylic acids is 1. The van der Waals surface area contributed by atoms with Gasteiger partial charge >= 0.3 is 5.97 Å². The molecule has 1 N–H and O–H groups in total. The predicted molar refractivity (Wildman–Crippen MR) is 58.0 cm³/mol. The van der Waals surface area contributed by atoms with Crippen LogP contribution in [-0.2, 0) is 14.3 Å². The van der Waals surface area contributed by atoms with Gasteiger partial charge in [-0.2, -0.15) is 0 Å². The van der Waals surface area contributed by atoms with E-state index in [4.69, 9.17) is 9.84 Å². The summed E-state index contributed by atoms with van der Waals surface area (Å²) in [4.78, 5) is 24.1. The lowest BCUT2D eigenvalue weighted by Crippen LogP contribution is -2.44. The van der Waals surface area contributed by atoms with Crippen molar-refractivity contribution in [3.8, 4) is 0 Å². The van der Waals surface area contributed by atoms with E-state index in [0.717, 1.165) is 0 Å². The first-order valence-electron chi connectivity index (χ1n) is 5.54. The summed E-state index contributed by atoms with van der Waals surface area (Å²) in [5, 5.41) is 8.92. The molecule has 92 valence electrons. The minimum atomic E-state index is -0.808. The molecule has 1 fully saturated rings. The Bertz CT molecular complexity index is 267. The standard InChI is InChI=1S/C11H19NO4/c1-8(7-16-2)5-12-6-9(11(14)15)3-4-10(12)13/h8-9H,3-7H2,1-2H3,(H,14,15). The van der Waals surface area contributed by atoms with Gasteiger partial charge in [-0.1, -0.05) is 6.92 Å². The summed E-state index contributed by atoms with van der Waals surface area (Å²) in [6, 6.07) is 0. The molecule has 0 aromatic rings. The summed E-state index contributed by atoms with van der Waals surface area (Å²) in [7, 11) is 1.62. The van der Waals surface area contributed by atoms with Crippen molar-refractivity contribution in [2.45, 2.75) is 19.8 Å². The van der Waals surface area contributed by atoms with Crippen molar-refractivity contribution in [3.05, 3.63) is 0 Å². The van der Waals surface area contributed by atoms with Crippen LogP contribution in [0.1, 0.15) is 19.8 Å². The SMILES string of the molecule is COCC(C)CN1CC(C(=O)O)CCC1=O. The fraction of sp³-hybridized carbons (Fsp3) is 0.818. The van der Waals surface area contributed by atoms with Crippen molar-refractivity contribution < 1.29 is 19.4 Å². The van der Waals surface area contributed by atoms with Crippen molar-refractivity contribution in [2.75, 3.05) is 26.8 Å². The summed E-state index contributed by atoms with van der Waals surface area (Å²) < 4.78 is 5.00. The zero-order valence-electron chi connectivity index (χ0n) is 9.81. The van der Waals surface area contributed by atoms with E-state index in [1.165, 1.54) is 0 Å². The number of carboxylic acid groups (broad SMARTS) is 1. The third-order valence-corrected chi connectivity index (χ3v) is 2.83. The van der Waals surface area contributed by atoms with E-state index < -0.39 is 11.9 Å². The number of nitrogens with zero attached hydrogens (tertiary/aromatic N) is 1. The zero-order valence-corrected chi connectivity index (χ0v) is 9.81. The highest BCUT2D eigenvalue weighted by atomic mass is 16.5. The number of carboxylic acids is 1. The van der Waals surface area contributed by atoms with Crippen LogP contribution in [0.3, 0.4) is 0 Å². The maximum Gasteiger partial charge on any atom is 0.308 e. The van der Waals surface area contributed by atoms with Crippen LogP contribution in [0.4, 0.5) is 0 Å². The van der Waals surface area contributed by atoms with Crippen LogP contribution >= 0.6 is 0 Å². The van der Waals surface area contributed by atoms with E-state index in [1.54, 1.807) is 12.0 Å². The Hall–Kier alpha value is -1.10. The van der Waals surface area contributed by atoms with Crippen LogP contribution < -0.4 is 0 Å². The molecular weight excluding hydrogens is 210 g/mol. The van der Waals surface area contributed by atoms with Gasteiger partial charge in [0, 0.05) is 26.6 Å². The molecule has 1 amide bonds. The molecular formula is C11H19NO4. The van der Waals surface area contributed by atoms with Gasteiger partial charge in [-0.25, -0.2) is 0 Å². The molecule has 0 radical (unpaired) electrons. The second-order valence-corrected chi connectivity index (χ2v) is 4.43. The summed E-state index contributed by atoms with van der Waals surface area (Å²) in [5.74, 6) is -0.925. The minimum absolute atomic E-state index is 0.0560. The molecule has 2 atom stereocenters. The van der Waals surface area contributed by atoms with Crippen molar-refractivity contribution in [3.63, 3.8) is 0 Å². The summed E-state index contributed by atoms with van der Waals surface area (Å²) in [6.07, 6.45) is 0.806. The number of rotatable bonds is 5. The Morgan fingerprint density at radius 3 is 2.94 bits per heavy atom. The molecule has 0 bridgehead atoms.